The molecule has 3 nitrogen and oxygen atoms in total. The first-order chi connectivity index (χ1) is 11.6. The lowest BCUT2D eigenvalue weighted by atomic mass is 10.1. The van der Waals surface area contributed by atoms with Crippen molar-refractivity contribution in [1.29, 1.82) is 0 Å². The summed E-state index contributed by atoms with van der Waals surface area (Å²) in [7, 11) is 0. The minimum atomic E-state index is 0.522. The summed E-state index contributed by atoms with van der Waals surface area (Å²) in [4.78, 5) is 5.98. The molecule has 3 rings (SSSR count). The van der Waals surface area contributed by atoms with E-state index >= 15 is 0 Å². The summed E-state index contributed by atoms with van der Waals surface area (Å²) in [6.45, 7) is 5.16. The Balaban J connectivity index is 2.08. The third kappa shape index (κ3) is 3.46. The standard InChI is InChI=1S/C19H19ClN2OS/c1-3-23-17-8-7-15(20)10-16(17)18-12(2)24-19(22-18)14-6-4-5-13(9-14)11-21/h4-10H,3,11,21H2,1-2H3. The molecule has 0 amide bonds. The van der Waals surface area contributed by atoms with Gasteiger partial charge in [0.25, 0.3) is 0 Å². The van der Waals surface area contributed by atoms with Gasteiger partial charge in [0.2, 0.25) is 0 Å². The molecule has 0 saturated heterocycles. The minimum Gasteiger partial charge on any atom is -0.493 e. The second kappa shape index (κ2) is 7.34. The van der Waals surface area contributed by atoms with E-state index in [1.165, 1.54) is 0 Å². The van der Waals surface area contributed by atoms with Crippen molar-refractivity contribution in [3.63, 3.8) is 0 Å². The van der Waals surface area contributed by atoms with Gasteiger partial charge in [0.05, 0.1) is 12.3 Å². The number of benzene rings is 2. The van der Waals surface area contributed by atoms with E-state index in [1.807, 2.05) is 37.3 Å². The van der Waals surface area contributed by atoms with Gasteiger partial charge < -0.3 is 10.5 Å². The highest BCUT2D eigenvalue weighted by Gasteiger charge is 2.16. The maximum atomic E-state index is 6.19. The van der Waals surface area contributed by atoms with Crippen LogP contribution >= 0.6 is 22.9 Å². The predicted octanol–water partition coefficient (Wildman–Crippen LogP) is 5.30. The van der Waals surface area contributed by atoms with Crippen LogP contribution < -0.4 is 10.5 Å². The van der Waals surface area contributed by atoms with Gasteiger partial charge in [-0.3, -0.25) is 0 Å². The second-order valence-electron chi connectivity index (χ2n) is 5.40. The van der Waals surface area contributed by atoms with E-state index in [0.717, 1.165) is 38.0 Å². The topological polar surface area (TPSA) is 48.1 Å². The molecule has 0 fully saturated rings. The van der Waals surface area contributed by atoms with Crippen LogP contribution in [0.15, 0.2) is 42.5 Å². The minimum absolute atomic E-state index is 0.522. The van der Waals surface area contributed by atoms with E-state index in [-0.39, 0.29) is 0 Å². The number of rotatable bonds is 5. The lowest BCUT2D eigenvalue weighted by Gasteiger charge is -2.09. The van der Waals surface area contributed by atoms with Gasteiger partial charge in [0.1, 0.15) is 10.8 Å². The van der Waals surface area contributed by atoms with Crippen molar-refractivity contribution in [3.8, 4) is 27.6 Å². The van der Waals surface area contributed by atoms with Crippen LogP contribution in [0.3, 0.4) is 0 Å². The zero-order valence-corrected chi connectivity index (χ0v) is 15.2. The van der Waals surface area contributed by atoms with Gasteiger partial charge in [-0.15, -0.1) is 11.3 Å². The molecule has 0 aliphatic carbocycles. The normalized spacial score (nSPS) is 10.8. The monoisotopic (exact) mass is 358 g/mol. The van der Waals surface area contributed by atoms with E-state index in [2.05, 4.69) is 19.1 Å². The fourth-order valence-electron chi connectivity index (χ4n) is 2.57. The smallest absolute Gasteiger partial charge is 0.128 e. The molecule has 0 spiro atoms. The zero-order chi connectivity index (χ0) is 17.1. The first-order valence-corrected chi connectivity index (χ1v) is 9.01. The van der Waals surface area contributed by atoms with Crippen molar-refractivity contribution in [2.45, 2.75) is 20.4 Å². The average Bonchev–Trinajstić information content (AvgIpc) is 2.98. The molecule has 1 aromatic heterocycles. The summed E-state index contributed by atoms with van der Waals surface area (Å²) in [6, 6.07) is 13.8. The molecule has 0 aliphatic heterocycles. The molecule has 0 unspecified atom stereocenters. The molecular formula is C19H19ClN2OS. The Labute approximate surface area is 151 Å². The van der Waals surface area contributed by atoms with Gasteiger partial charge in [0.15, 0.2) is 0 Å². The Hall–Kier alpha value is -1.88. The molecule has 5 heteroatoms. The van der Waals surface area contributed by atoms with Crippen LogP contribution in [0.4, 0.5) is 0 Å². The predicted molar refractivity (Wildman–Crippen MR) is 102 cm³/mol. The van der Waals surface area contributed by atoms with Crippen LogP contribution in [0.25, 0.3) is 21.8 Å². The third-order valence-corrected chi connectivity index (χ3v) is 4.96. The maximum absolute atomic E-state index is 6.19. The highest BCUT2D eigenvalue weighted by molar-refractivity contribution is 7.15. The molecular weight excluding hydrogens is 340 g/mol. The summed E-state index contributed by atoms with van der Waals surface area (Å²) in [5.74, 6) is 0.803. The van der Waals surface area contributed by atoms with Gasteiger partial charge in [0, 0.05) is 27.6 Å². The van der Waals surface area contributed by atoms with E-state index in [4.69, 9.17) is 27.1 Å². The van der Waals surface area contributed by atoms with Crippen molar-refractivity contribution in [2.75, 3.05) is 6.61 Å². The zero-order valence-electron chi connectivity index (χ0n) is 13.7. The third-order valence-electron chi connectivity index (χ3n) is 3.70. The average molecular weight is 359 g/mol. The van der Waals surface area contributed by atoms with Crippen LogP contribution in [0.2, 0.25) is 5.02 Å². The summed E-state index contributed by atoms with van der Waals surface area (Å²) in [6.07, 6.45) is 0. The quantitative estimate of drug-likeness (QED) is 0.673. The van der Waals surface area contributed by atoms with Crippen molar-refractivity contribution in [3.05, 3.63) is 57.9 Å². The van der Waals surface area contributed by atoms with E-state index in [9.17, 15) is 0 Å². The summed E-state index contributed by atoms with van der Waals surface area (Å²) < 4.78 is 5.74. The van der Waals surface area contributed by atoms with Crippen molar-refractivity contribution < 1.29 is 4.74 Å². The Morgan fingerprint density at radius 2 is 2.04 bits per heavy atom. The fourth-order valence-corrected chi connectivity index (χ4v) is 3.67. The Morgan fingerprint density at radius 1 is 1.21 bits per heavy atom. The van der Waals surface area contributed by atoms with Gasteiger partial charge in [-0.1, -0.05) is 29.8 Å². The molecule has 2 aromatic carbocycles. The molecule has 3 aromatic rings. The largest absolute Gasteiger partial charge is 0.493 e. The highest BCUT2D eigenvalue weighted by Crippen LogP contribution is 2.38. The summed E-state index contributed by atoms with van der Waals surface area (Å²) >= 11 is 7.85. The molecule has 24 heavy (non-hydrogen) atoms. The second-order valence-corrected chi connectivity index (χ2v) is 7.04. The number of hydrogen-bond acceptors (Lipinski definition) is 4. The van der Waals surface area contributed by atoms with E-state index in [1.54, 1.807) is 11.3 Å². The molecule has 0 radical (unpaired) electrons. The lowest BCUT2D eigenvalue weighted by molar-refractivity contribution is 0.341. The van der Waals surface area contributed by atoms with Crippen molar-refractivity contribution in [2.24, 2.45) is 5.73 Å². The van der Waals surface area contributed by atoms with E-state index < -0.39 is 0 Å². The first-order valence-electron chi connectivity index (χ1n) is 7.82. The van der Waals surface area contributed by atoms with Crippen molar-refractivity contribution in [1.82, 2.24) is 4.98 Å². The number of aromatic nitrogens is 1. The number of ether oxygens (including phenoxy) is 1. The van der Waals surface area contributed by atoms with Crippen LogP contribution in [-0.2, 0) is 6.54 Å². The fraction of sp³-hybridized carbons (Fsp3) is 0.211. The number of nitrogens with two attached hydrogens (primary N) is 1. The Kier molecular flexibility index (Phi) is 5.19. The SMILES string of the molecule is CCOc1ccc(Cl)cc1-c1nc(-c2cccc(CN)c2)sc1C. The molecule has 0 saturated carbocycles. The molecule has 0 aliphatic rings. The van der Waals surface area contributed by atoms with Crippen LogP contribution in [0.1, 0.15) is 17.4 Å². The summed E-state index contributed by atoms with van der Waals surface area (Å²) in [5, 5.41) is 1.65. The van der Waals surface area contributed by atoms with Gasteiger partial charge >= 0.3 is 0 Å². The van der Waals surface area contributed by atoms with Crippen LogP contribution in [-0.4, -0.2) is 11.6 Å². The van der Waals surface area contributed by atoms with Crippen LogP contribution in [0, 0.1) is 6.92 Å². The number of thiazole rings is 1. The van der Waals surface area contributed by atoms with Crippen LogP contribution in [0.5, 0.6) is 5.75 Å². The van der Waals surface area contributed by atoms with Gasteiger partial charge in [-0.25, -0.2) is 4.98 Å². The van der Waals surface area contributed by atoms with E-state index in [0.29, 0.717) is 18.2 Å². The first kappa shape index (κ1) is 17.0. The highest BCUT2D eigenvalue weighted by atomic mass is 35.5. The Bertz CT molecular complexity index is 860. The molecule has 0 bridgehead atoms. The molecule has 0 atom stereocenters. The number of halogens is 1. The molecule has 2 N–H and O–H groups in total. The number of nitrogens with zero attached hydrogens (tertiary/aromatic N) is 1. The van der Waals surface area contributed by atoms with Crippen molar-refractivity contribution >= 4 is 22.9 Å². The molecule has 124 valence electrons. The number of hydrogen-bond donors (Lipinski definition) is 1. The Morgan fingerprint density at radius 3 is 2.79 bits per heavy atom. The summed E-state index contributed by atoms with van der Waals surface area (Å²) in [5.41, 5.74) is 9.77. The van der Waals surface area contributed by atoms with Gasteiger partial charge in [-0.2, -0.15) is 0 Å². The lowest BCUT2D eigenvalue weighted by Crippen LogP contribution is -1.96. The van der Waals surface area contributed by atoms with Gasteiger partial charge in [-0.05, 0) is 43.7 Å². The molecule has 1 heterocycles. The maximum Gasteiger partial charge on any atom is 0.128 e. The number of aryl methyl sites for hydroxylation is 1.